The Morgan fingerprint density at radius 2 is 1.77 bits per heavy atom. The number of carbonyl (C=O) groups is 1. The van der Waals surface area contributed by atoms with Crippen LogP contribution in [-0.2, 0) is 4.79 Å². The van der Waals surface area contributed by atoms with Crippen molar-refractivity contribution in [3.8, 4) is 23.3 Å². The first-order valence-corrected chi connectivity index (χ1v) is 6.87. The van der Waals surface area contributed by atoms with Gasteiger partial charge in [0.2, 0.25) is 5.91 Å². The molecule has 2 aromatic carbocycles. The number of benzene rings is 2. The summed E-state index contributed by atoms with van der Waals surface area (Å²) >= 11 is 0. The quantitative estimate of drug-likeness (QED) is 0.797. The van der Waals surface area contributed by atoms with E-state index in [1.807, 2.05) is 48.5 Å². The molecular weight excluding hydrogens is 280 g/mol. The third kappa shape index (κ3) is 5.17. The standard InChI is InChI=1S/C17H16N2O3/c18-10-9-17(20)19-11-12-21-15-7-4-8-16(13-15)22-14-5-2-1-3-6-14/h1-8,13H,9,11-12H2,(H,19,20). The molecule has 112 valence electrons. The molecule has 0 heterocycles. The number of carbonyl (C=O) groups excluding carboxylic acids is 1. The van der Waals surface area contributed by atoms with Crippen molar-refractivity contribution in [1.82, 2.24) is 5.32 Å². The van der Waals surface area contributed by atoms with Gasteiger partial charge in [0.05, 0.1) is 12.6 Å². The first-order chi connectivity index (χ1) is 10.8. The number of nitriles is 1. The van der Waals surface area contributed by atoms with Crippen LogP contribution < -0.4 is 14.8 Å². The van der Waals surface area contributed by atoms with E-state index in [0.717, 1.165) is 5.75 Å². The summed E-state index contributed by atoms with van der Waals surface area (Å²) in [6, 6.07) is 18.5. The van der Waals surface area contributed by atoms with Gasteiger partial charge >= 0.3 is 0 Å². The highest BCUT2D eigenvalue weighted by Crippen LogP contribution is 2.24. The number of nitrogens with one attached hydrogen (secondary N) is 1. The lowest BCUT2D eigenvalue weighted by molar-refractivity contribution is -0.120. The summed E-state index contributed by atoms with van der Waals surface area (Å²) < 4.78 is 11.2. The fourth-order valence-corrected chi connectivity index (χ4v) is 1.75. The van der Waals surface area contributed by atoms with Crippen LogP contribution in [0.4, 0.5) is 0 Å². The van der Waals surface area contributed by atoms with Crippen molar-refractivity contribution >= 4 is 5.91 Å². The van der Waals surface area contributed by atoms with Crippen molar-refractivity contribution in [2.24, 2.45) is 0 Å². The van der Waals surface area contributed by atoms with Crippen molar-refractivity contribution < 1.29 is 14.3 Å². The molecule has 1 amide bonds. The number of ether oxygens (including phenoxy) is 2. The first-order valence-electron chi connectivity index (χ1n) is 6.87. The van der Waals surface area contributed by atoms with Crippen LogP contribution in [0.25, 0.3) is 0 Å². The van der Waals surface area contributed by atoms with Crippen LogP contribution in [0.3, 0.4) is 0 Å². The Morgan fingerprint density at radius 3 is 2.55 bits per heavy atom. The summed E-state index contributed by atoms with van der Waals surface area (Å²) in [6.07, 6.45) is -0.138. The minimum absolute atomic E-state index is 0.138. The van der Waals surface area contributed by atoms with E-state index < -0.39 is 0 Å². The van der Waals surface area contributed by atoms with Crippen LogP contribution >= 0.6 is 0 Å². The zero-order valence-electron chi connectivity index (χ0n) is 12.0. The van der Waals surface area contributed by atoms with Crippen LogP contribution in [0.15, 0.2) is 54.6 Å². The zero-order chi connectivity index (χ0) is 15.6. The molecule has 0 unspecified atom stereocenters. The first kappa shape index (κ1) is 15.4. The van der Waals surface area contributed by atoms with Gasteiger partial charge in [-0.3, -0.25) is 4.79 Å². The molecule has 0 aliphatic carbocycles. The lowest BCUT2D eigenvalue weighted by Gasteiger charge is -2.09. The molecule has 0 aliphatic rings. The van der Waals surface area contributed by atoms with Gasteiger partial charge in [-0.05, 0) is 24.3 Å². The highest BCUT2D eigenvalue weighted by atomic mass is 16.5. The Bertz CT molecular complexity index is 650. The van der Waals surface area contributed by atoms with Gasteiger partial charge in [0, 0.05) is 6.07 Å². The Labute approximate surface area is 129 Å². The van der Waals surface area contributed by atoms with Gasteiger partial charge in [-0.1, -0.05) is 24.3 Å². The highest BCUT2D eigenvalue weighted by Gasteiger charge is 2.01. The minimum atomic E-state index is -0.299. The van der Waals surface area contributed by atoms with Gasteiger partial charge in [0.25, 0.3) is 0 Å². The summed E-state index contributed by atoms with van der Waals surface area (Å²) in [5.74, 6) is 1.79. The van der Waals surface area contributed by atoms with Crippen LogP contribution in [-0.4, -0.2) is 19.1 Å². The van der Waals surface area contributed by atoms with E-state index in [-0.39, 0.29) is 12.3 Å². The summed E-state index contributed by atoms with van der Waals surface area (Å²) in [6.45, 7) is 0.677. The predicted molar refractivity (Wildman–Crippen MR) is 81.7 cm³/mol. The molecule has 0 aliphatic heterocycles. The topological polar surface area (TPSA) is 71.4 Å². The number of para-hydroxylation sites is 1. The molecule has 0 saturated heterocycles. The summed E-state index contributed by atoms with van der Waals surface area (Å²) in [5.41, 5.74) is 0. The van der Waals surface area contributed by atoms with Gasteiger partial charge < -0.3 is 14.8 Å². The molecule has 0 fully saturated rings. The average molecular weight is 296 g/mol. The van der Waals surface area contributed by atoms with Crippen molar-refractivity contribution in [3.63, 3.8) is 0 Å². The molecular formula is C17H16N2O3. The van der Waals surface area contributed by atoms with Crippen molar-refractivity contribution in [3.05, 3.63) is 54.6 Å². The van der Waals surface area contributed by atoms with E-state index in [1.54, 1.807) is 12.1 Å². The van der Waals surface area contributed by atoms with E-state index in [2.05, 4.69) is 5.32 Å². The number of amides is 1. The fraction of sp³-hybridized carbons (Fsp3) is 0.176. The molecule has 2 rings (SSSR count). The van der Waals surface area contributed by atoms with E-state index in [9.17, 15) is 4.79 Å². The minimum Gasteiger partial charge on any atom is -0.492 e. The molecule has 2 aromatic rings. The number of hydrogen-bond donors (Lipinski definition) is 1. The molecule has 5 nitrogen and oxygen atoms in total. The van der Waals surface area contributed by atoms with Crippen molar-refractivity contribution in [2.75, 3.05) is 13.2 Å². The number of nitrogens with zero attached hydrogens (tertiary/aromatic N) is 1. The smallest absolute Gasteiger partial charge is 0.234 e. The van der Waals surface area contributed by atoms with Crippen LogP contribution in [0.1, 0.15) is 6.42 Å². The van der Waals surface area contributed by atoms with Crippen LogP contribution in [0, 0.1) is 11.3 Å². The second-order valence-corrected chi connectivity index (χ2v) is 4.42. The summed E-state index contributed by atoms with van der Waals surface area (Å²) in [7, 11) is 0. The molecule has 0 atom stereocenters. The molecule has 0 bridgehead atoms. The highest BCUT2D eigenvalue weighted by molar-refractivity contribution is 5.77. The fourth-order valence-electron chi connectivity index (χ4n) is 1.75. The lowest BCUT2D eigenvalue weighted by atomic mass is 10.3. The normalized spacial score (nSPS) is 9.59. The maximum atomic E-state index is 11.1. The van der Waals surface area contributed by atoms with Gasteiger partial charge in [0.1, 0.15) is 30.3 Å². The Morgan fingerprint density at radius 1 is 1.05 bits per heavy atom. The van der Waals surface area contributed by atoms with E-state index in [1.165, 1.54) is 0 Å². The molecule has 0 spiro atoms. The molecule has 0 radical (unpaired) electrons. The molecule has 0 saturated carbocycles. The number of rotatable bonds is 7. The van der Waals surface area contributed by atoms with Crippen molar-refractivity contribution in [2.45, 2.75) is 6.42 Å². The molecule has 1 N–H and O–H groups in total. The monoisotopic (exact) mass is 296 g/mol. The number of hydrogen-bond acceptors (Lipinski definition) is 4. The van der Waals surface area contributed by atoms with Crippen LogP contribution in [0.2, 0.25) is 0 Å². The Kier molecular flexibility index (Phi) is 5.82. The molecule has 0 aromatic heterocycles. The predicted octanol–water partition coefficient (Wildman–Crippen LogP) is 2.89. The third-order valence-electron chi connectivity index (χ3n) is 2.72. The Balaban J connectivity index is 1.82. The van der Waals surface area contributed by atoms with Crippen molar-refractivity contribution in [1.29, 1.82) is 5.26 Å². The summed E-state index contributed by atoms with van der Waals surface area (Å²) in [5, 5.41) is 11.0. The largest absolute Gasteiger partial charge is 0.492 e. The second-order valence-electron chi connectivity index (χ2n) is 4.42. The lowest BCUT2D eigenvalue weighted by Crippen LogP contribution is -2.27. The maximum absolute atomic E-state index is 11.1. The maximum Gasteiger partial charge on any atom is 0.234 e. The Hall–Kier alpha value is -3.00. The van der Waals surface area contributed by atoms with E-state index in [0.29, 0.717) is 24.7 Å². The zero-order valence-corrected chi connectivity index (χ0v) is 12.0. The van der Waals surface area contributed by atoms with Crippen LogP contribution in [0.5, 0.6) is 17.2 Å². The molecule has 5 heteroatoms. The SMILES string of the molecule is N#CCC(=O)NCCOc1cccc(Oc2ccccc2)c1. The van der Waals surface area contributed by atoms with Gasteiger partial charge in [-0.2, -0.15) is 5.26 Å². The van der Waals surface area contributed by atoms with E-state index in [4.69, 9.17) is 14.7 Å². The summed E-state index contributed by atoms with van der Waals surface area (Å²) in [4.78, 5) is 11.1. The van der Waals surface area contributed by atoms with Gasteiger partial charge in [-0.15, -0.1) is 0 Å². The van der Waals surface area contributed by atoms with Gasteiger partial charge in [-0.25, -0.2) is 0 Å². The molecule has 22 heavy (non-hydrogen) atoms. The van der Waals surface area contributed by atoms with E-state index >= 15 is 0 Å². The van der Waals surface area contributed by atoms with Gasteiger partial charge in [0.15, 0.2) is 0 Å². The second kappa shape index (κ2) is 8.32. The third-order valence-corrected chi connectivity index (χ3v) is 2.72. The average Bonchev–Trinajstić information content (AvgIpc) is 2.53.